The summed E-state index contributed by atoms with van der Waals surface area (Å²) in [4.78, 5) is 10.9. The van der Waals surface area contributed by atoms with Crippen molar-refractivity contribution in [1.82, 2.24) is 0 Å². The van der Waals surface area contributed by atoms with Crippen molar-refractivity contribution in [3.05, 3.63) is 17.7 Å². The highest BCUT2D eigenvalue weighted by Gasteiger charge is 2.24. The van der Waals surface area contributed by atoms with Crippen molar-refractivity contribution in [2.45, 2.75) is 19.3 Å². The van der Waals surface area contributed by atoms with Gasteiger partial charge in [0.15, 0.2) is 11.5 Å². The van der Waals surface area contributed by atoms with Crippen LogP contribution in [0.4, 0.5) is 0 Å². The average molecular weight is 255 g/mol. The Balaban J connectivity index is 3.00. The molecular weight excluding hydrogens is 238 g/mol. The van der Waals surface area contributed by atoms with E-state index in [0.717, 1.165) is 0 Å². The highest BCUT2D eigenvalue weighted by Crippen LogP contribution is 2.41. The summed E-state index contributed by atoms with van der Waals surface area (Å²) < 4.78 is 0. The number of carbonyl (C=O) groups is 1. The first-order chi connectivity index (χ1) is 8.38. The minimum atomic E-state index is -1.02. The predicted octanol–water partition coefficient (Wildman–Crippen LogP) is 0.957. The Morgan fingerprint density at radius 3 is 2.33 bits per heavy atom. The van der Waals surface area contributed by atoms with E-state index in [2.05, 4.69) is 0 Å². The van der Waals surface area contributed by atoms with E-state index < -0.39 is 23.6 Å². The Morgan fingerprint density at radius 2 is 1.83 bits per heavy atom. The monoisotopic (exact) mass is 255 g/mol. The van der Waals surface area contributed by atoms with E-state index in [9.17, 15) is 20.1 Å². The van der Waals surface area contributed by atoms with Gasteiger partial charge in [-0.2, -0.15) is 0 Å². The maximum Gasteiger partial charge on any atom is 0.307 e. The lowest BCUT2D eigenvalue weighted by molar-refractivity contribution is -0.141. The van der Waals surface area contributed by atoms with Crippen LogP contribution in [0, 0.1) is 5.92 Å². The van der Waals surface area contributed by atoms with Crippen molar-refractivity contribution in [3.63, 3.8) is 0 Å². The van der Waals surface area contributed by atoms with Gasteiger partial charge in [0.25, 0.3) is 0 Å². The molecule has 100 valence electrons. The Morgan fingerprint density at radius 1 is 1.28 bits per heavy atom. The zero-order valence-corrected chi connectivity index (χ0v) is 10.00. The molecule has 0 saturated carbocycles. The minimum absolute atomic E-state index is 0.0278. The lowest BCUT2D eigenvalue weighted by Crippen LogP contribution is -2.24. The Labute approximate surface area is 104 Å². The number of phenols is 3. The van der Waals surface area contributed by atoms with Crippen LogP contribution in [0.2, 0.25) is 0 Å². The third-order valence-electron chi connectivity index (χ3n) is 2.94. The lowest BCUT2D eigenvalue weighted by Gasteiger charge is -2.19. The van der Waals surface area contributed by atoms with Crippen LogP contribution in [-0.2, 0) is 4.79 Å². The Bertz CT molecular complexity index is 446. The van der Waals surface area contributed by atoms with Gasteiger partial charge in [0.1, 0.15) is 5.75 Å². The molecule has 1 rings (SSSR count). The highest BCUT2D eigenvalue weighted by atomic mass is 16.4. The molecule has 1 aromatic carbocycles. The zero-order chi connectivity index (χ0) is 13.9. The molecule has 6 nitrogen and oxygen atoms in total. The first-order valence-corrected chi connectivity index (χ1v) is 5.55. The van der Waals surface area contributed by atoms with E-state index in [4.69, 9.17) is 10.8 Å². The number of carboxylic acids is 1. The van der Waals surface area contributed by atoms with Crippen LogP contribution in [0.5, 0.6) is 17.2 Å². The second-order valence-corrected chi connectivity index (χ2v) is 4.27. The summed E-state index contributed by atoms with van der Waals surface area (Å²) in [7, 11) is 0. The van der Waals surface area contributed by atoms with Crippen molar-refractivity contribution < 1.29 is 25.2 Å². The summed E-state index contributed by atoms with van der Waals surface area (Å²) in [5, 5.41) is 37.6. The molecule has 0 amide bonds. The molecule has 0 aromatic heterocycles. The van der Waals surface area contributed by atoms with Gasteiger partial charge in [0.05, 0.1) is 5.92 Å². The second kappa shape index (κ2) is 5.59. The van der Waals surface area contributed by atoms with Crippen LogP contribution in [0.15, 0.2) is 12.1 Å². The third kappa shape index (κ3) is 2.84. The van der Waals surface area contributed by atoms with E-state index >= 15 is 0 Å². The van der Waals surface area contributed by atoms with E-state index in [0.29, 0.717) is 0 Å². The number of rotatable bonds is 5. The summed E-state index contributed by atoms with van der Waals surface area (Å²) in [6.07, 6.45) is 0.163. The van der Waals surface area contributed by atoms with Gasteiger partial charge in [-0.3, -0.25) is 4.79 Å². The third-order valence-corrected chi connectivity index (χ3v) is 2.94. The maximum absolute atomic E-state index is 10.9. The average Bonchev–Trinajstić information content (AvgIpc) is 2.31. The molecule has 0 fully saturated rings. The van der Waals surface area contributed by atoms with Gasteiger partial charge < -0.3 is 26.2 Å². The van der Waals surface area contributed by atoms with Crippen LogP contribution in [0.25, 0.3) is 0 Å². The lowest BCUT2D eigenvalue weighted by atomic mass is 9.89. The molecule has 0 saturated heterocycles. The minimum Gasteiger partial charge on any atom is -0.508 e. The fourth-order valence-electron chi connectivity index (χ4n) is 1.91. The van der Waals surface area contributed by atoms with E-state index in [-0.39, 0.29) is 30.0 Å². The molecule has 0 aliphatic carbocycles. The maximum atomic E-state index is 10.9. The van der Waals surface area contributed by atoms with Crippen molar-refractivity contribution in [2.24, 2.45) is 11.7 Å². The standard InChI is InChI=1S/C12H17NO5/c1-6(4-7(5-13)12(17)18)10-8(14)2-3-9(15)11(10)16/h2-3,6-7,14-16H,4-5,13H2,1H3,(H,17,18). The number of hydrogen-bond acceptors (Lipinski definition) is 5. The molecule has 0 spiro atoms. The number of carboxylic acid groups (broad SMARTS) is 1. The summed E-state index contributed by atoms with van der Waals surface area (Å²) in [6.45, 7) is 1.62. The van der Waals surface area contributed by atoms with Gasteiger partial charge in [-0.1, -0.05) is 6.92 Å². The molecule has 0 aliphatic heterocycles. The van der Waals surface area contributed by atoms with Crippen LogP contribution in [0.1, 0.15) is 24.8 Å². The molecular formula is C12H17NO5. The van der Waals surface area contributed by atoms with E-state index in [1.165, 1.54) is 12.1 Å². The normalized spacial score (nSPS) is 14.1. The molecule has 2 atom stereocenters. The molecule has 0 aliphatic rings. The number of aromatic hydroxyl groups is 3. The van der Waals surface area contributed by atoms with Gasteiger partial charge in [-0.05, 0) is 24.5 Å². The van der Waals surface area contributed by atoms with Gasteiger partial charge in [-0.15, -0.1) is 0 Å². The quantitative estimate of drug-likeness (QED) is 0.394. The summed E-state index contributed by atoms with van der Waals surface area (Å²) in [6, 6.07) is 2.41. The SMILES string of the molecule is CC(CC(CN)C(=O)O)c1c(O)ccc(O)c1O. The fraction of sp³-hybridized carbons (Fsp3) is 0.417. The number of phenolic OH excluding ortho intramolecular Hbond substituents is 3. The van der Waals surface area contributed by atoms with Crippen LogP contribution >= 0.6 is 0 Å². The molecule has 0 bridgehead atoms. The van der Waals surface area contributed by atoms with Gasteiger partial charge in [0.2, 0.25) is 0 Å². The van der Waals surface area contributed by atoms with Crippen molar-refractivity contribution in [3.8, 4) is 17.2 Å². The molecule has 6 heteroatoms. The predicted molar refractivity (Wildman–Crippen MR) is 64.6 cm³/mol. The fourth-order valence-corrected chi connectivity index (χ4v) is 1.91. The molecule has 0 heterocycles. The summed E-state index contributed by atoms with van der Waals surface area (Å²) >= 11 is 0. The summed E-state index contributed by atoms with van der Waals surface area (Å²) in [5.41, 5.74) is 5.48. The second-order valence-electron chi connectivity index (χ2n) is 4.27. The summed E-state index contributed by atoms with van der Waals surface area (Å²) in [5.74, 6) is -3.19. The smallest absolute Gasteiger partial charge is 0.307 e. The van der Waals surface area contributed by atoms with Crippen molar-refractivity contribution in [1.29, 1.82) is 0 Å². The Kier molecular flexibility index (Phi) is 4.38. The first-order valence-electron chi connectivity index (χ1n) is 5.55. The van der Waals surface area contributed by atoms with Gasteiger partial charge in [-0.25, -0.2) is 0 Å². The number of aliphatic carboxylic acids is 1. The number of nitrogens with two attached hydrogens (primary N) is 1. The first kappa shape index (κ1) is 14.1. The molecule has 6 N–H and O–H groups in total. The van der Waals surface area contributed by atoms with Crippen LogP contribution in [-0.4, -0.2) is 32.9 Å². The molecule has 1 aromatic rings. The topological polar surface area (TPSA) is 124 Å². The number of hydrogen-bond donors (Lipinski definition) is 5. The van der Waals surface area contributed by atoms with Crippen LogP contribution in [0.3, 0.4) is 0 Å². The van der Waals surface area contributed by atoms with Gasteiger partial charge >= 0.3 is 5.97 Å². The van der Waals surface area contributed by atoms with E-state index in [1.54, 1.807) is 6.92 Å². The molecule has 2 unspecified atom stereocenters. The van der Waals surface area contributed by atoms with Crippen LogP contribution < -0.4 is 5.73 Å². The highest BCUT2D eigenvalue weighted by molar-refractivity contribution is 5.70. The number of benzene rings is 1. The van der Waals surface area contributed by atoms with Crippen molar-refractivity contribution in [2.75, 3.05) is 6.54 Å². The van der Waals surface area contributed by atoms with E-state index in [1.807, 2.05) is 0 Å². The largest absolute Gasteiger partial charge is 0.508 e. The molecule has 0 radical (unpaired) electrons. The van der Waals surface area contributed by atoms with Crippen molar-refractivity contribution >= 4 is 5.97 Å². The van der Waals surface area contributed by atoms with Gasteiger partial charge in [0, 0.05) is 12.1 Å². The Hall–Kier alpha value is -1.95. The zero-order valence-electron chi connectivity index (χ0n) is 10.00. The molecule has 18 heavy (non-hydrogen) atoms.